The Morgan fingerprint density at radius 1 is 1.62 bits per heavy atom. The molecule has 1 aromatic heterocycles. The number of nitrogen functional groups attached to an aromatic ring is 1. The standard InChI is InChI=1S/C9H17N3S/c1-7(2)4-5-12-8(10)6-9(11-12)13-3/h6-7H,4-5,10H2,1-3H3. The molecule has 0 spiro atoms. The lowest BCUT2D eigenvalue weighted by Crippen LogP contribution is -2.06. The first-order chi connectivity index (χ1) is 6.13. The van der Waals surface area contributed by atoms with Crippen LogP contribution in [-0.4, -0.2) is 16.0 Å². The number of hydrogen-bond acceptors (Lipinski definition) is 3. The van der Waals surface area contributed by atoms with E-state index in [2.05, 4.69) is 18.9 Å². The summed E-state index contributed by atoms with van der Waals surface area (Å²) < 4.78 is 1.88. The third-order valence-electron chi connectivity index (χ3n) is 1.92. The van der Waals surface area contributed by atoms with Gasteiger partial charge in [-0.25, -0.2) is 4.68 Å². The Hall–Kier alpha value is -0.640. The van der Waals surface area contributed by atoms with Crippen LogP contribution < -0.4 is 5.73 Å². The fourth-order valence-electron chi connectivity index (χ4n) is 1.07. The van der Waals surface area contributed by atoms with Crippen LogP contribution in [0.3, 0.4) is 0 Å². The van der Waals surface area contributed by atoms with E-state index in [-0.39, 0.29) is 0 Å². The van der Waals surface area contributed by atoms with E-state index in [1.807, 2.05) is 17.0 Å². The molecule has 4 heteroatoms. The lowest BCUT2D eigenvalue weighted by molar-refractivity contribution is 0.486. The minimum atomic E-state index is 0.696. The van der Waals surface area contributed by atoms with Crippen LogP contribution in [0.1, 0.15) is 20.3 Å². The summed E-state index contributed by atoms with van der Waals surface area (Å²) in [5.74, 6) is 1.46. The third-order valence-corrected chi connectivity index (χ3v) is 2.53. The molecular formula is C9H17N3S. The summed E-state index contributed by atoms with van der Waals surface area (Å²) in [6, 6.07) is 1.92. The molecule has 0 bridgehead atoms. The highest BCUT2D eigenvalue weighted by atomic mass is 32.2. The maximum atomic E-state index is 5.79. The Morgan fingerprint density at radius 2 is 2.31 bits per heavy atom. The average Bonchev–Trinajstić information content (AvgIpc) is 2.43. The van der Waals surface area contributed by atoms with Gasteiger partial charge in [0.15, 0.2) is 0 Å². The van der Waals surface area contributed by atoms with Gasteiger partial charge in [0.25, 0.3) is 0 Å². The second-order valence-corrected chi connectivity index (χ2v) is 4.34. The number of hydrogen-bond donors (Lipinski definition) is 1. The zero-order valence-electron chi connectivity index (χ0n) is 8.45. The molecular weight excluding hydrogens is 182 g/mol. The monoisotopic (exact) mass is 199 g/mol. The van der Waals surface area contributed by atoms with E-state index in [0.717, 1.165) is 23.8 Å². The number of nitrogens with two attached hydrogens (primary N) is 1. The van der Waals surface area contributed by atoms with Crippen LogP contribution in [0.2, 0.25) is 0 Å². The molecule has 1 rings (SSSR count). The Labute approximate surface area is 83.7 Å². The minimum absolute atomic E-state index is 0.696. The molecule has 74 valence electrons. The zero-order chi connectivity index (χ0) is 9.84. The lowest BCUT2D eigenvalue weighted by Gasteiger charge is -2.05. The summed E-state index contributed by atoms with van der Waals surface area (Å²) in [6.45, 7) is 5.33. The number of nitrogens with zero attached hydrogens (tertiary/aromatic N) is 2. The van der Waals surface area contributed by atoms with Crippen molar-refractivity contribution in [2.24, 2.45) is 5.92 Å². The van der Waals surface area contributed by atoms with Gasteiger partial charge < -0.3 is 5.73 Å². The first-order valence-electron chi connectivity index (χ1n) is 4.50. The molecule has 0 saturated carbocycles. The van der Waals surface area contributed by atoms with Gasteiger partial charge in [-0.05, 0) is 18.6 Å². The van der Waals surface area contributed by atoms with Crippen LogP contribution in [0.4, 0.5) is 5.82 Å². The molecule has 0 amide bonds. The summed E-state index contributed by atoms with van der Waals surface area (Å²) in [6.07, 6.45) is 3.13. The number of rotatable bonds is 4. The van der Waals surface area contributed by atoms with E-state index >= 15 is 0 Å². The van der Waals surface area contributed by atoms with Gasteiger partial charge in [0, 0.05) is 12.6 Å². The van der Waals surface area contributed by atoms with Gasteiger partial charge in [-0.2, -0.15) is 5.10 Å². The maximum absolute atomic E-state index is 5.79. The van der Waals surface area contributed by atoms with Crippen molar-refractivity contribution in [3.05, 3.63) is 6.07 Å². The molecule has 1 aromatic rings. The molecule has 0 aliphatic rings. The Bertz CT molecular complexity index is 268. The highest BCUT2D eigenvalue weighted by Crippen LogP contribution is 2.16. The van der Waals surface area contributed by atoms with Gasteiger partial charge in [0.2, 0.25) is 0 Å². The second-order valence-electron chi connectivity index (χ2n) is 3.52. The number of aromatic nitrogens is 2. The normalized spacial score (nSPS) is 11.1. The Balaban J connectivity index is 2.60. The predicted octanol–water partition coefficient (Wildman–Crippen LogP) is 2.23. The van der Waals surface area contributed by atoms with Gasteiger partial charge in [-0.1, -0.05) is 13.8 Å². The van der Waals surface area contributed by atoms with Crippen LogP contribution in [0.15, 0.2) is 11.1 Å². The molecule has 0 saturated heterocycles. The number of anilines is 1. The molecule has 3 nitrogen and oxygen atoms in total. The molecule has 2 N–H and O–H groups in total. The fourth-order valence-corrected chi connectivity index (χ4v) is 1.48. The van der Waals surface area contributed by atoms with Gasteiger partial charge in [-0.3, -0.25) is 0 Å². The van der Waals surface area contributed by atoms with Gasteiger partial charge in [-0.15, -0.1) is 11.8 Å². The van der Waals surface area contributed by atoms with Crippen molar-refractivity contribution in [2.75, 3.05) is 12.0 Å². The van der Waals surface area contributed by atoms with Crippen molar-refractivity contribution < 1.29 is 0 Å². The zero-order valence-corrected chi connectivity index (χ0v) is 9.27. The maximum Gasteiger partial charge on any atom is 0.122 e. The highest BCUT2D eigenvalue weighted by molar-refractivity contribution is 7.98. The molecule has 0 radical (unpaired) electrons. The van der Waals surface area contributed by atoms with Crippen LogP contribution in [-0.2, 0) is 6.54 Å². The van der Waals surface area contributed by atoms with E-state index in [9.17, 15) is 0 Å². The van der Waals surface area contributed by atoms with Gasteiger partial charge in [0.1, 0.15) is 10.8 Å². The van der Waals surface area contributed by atoms with Crippen LogP contribution in [0, 0.1) is 5.92 Å². The molecule has 0 aromatic carbocycles. The predicted molar refractivity (Wildman–Crippen MR) is 57.9 cm³/mol. The molecule has 0 unspecified atom stereocenters. The van der Waals surface area contributed by atoms with Crippen molar-refractivity contribution in [3.8, 4) is 0 Å². The van der Waals surface area contributed by atoms with E-state index < -0.39 is 0 Å². The van der Waals surface area contributed by atoms with E-state index in [1.54, 1.807) is 11.8 Å². The van der Waals surface area contributed by atoms with E-state index in [1.165, 1.54) is 0 Å². The van der Waals surface area contributed by atoms with E-state index in [0.29, 0.717) is 5.92 Å². The smallest absolute Gasteiger partial charge is 0.122 e. The molecule has 0 aliphatic carbocycles. The number of thioether (sulfide) groups is 1. The van der Waals surface area contributed by atoms with Gasteiger partial charge >= 0.3 is 0 Å². The molecule has 0 atom stereocenters. The molecule has 0 fully saturated rings. The fraction of sp³-hybridized carbons (Fsp3) is 0.667. The molecule has 1 heterocycles. The van der Waals surface area contributed by atoms with Crippen molar-refractivity contribution >= 4 is 17.6 Å². The summed E-state index contributed by atoms with van der Waals surface area (Å²) in [4.78, 5) is 0. The SMILES string of the molecule is CSc1cc(N)n(CCC(C)C)n1. The lowest BCUT2D eigenvalue weighted by atomic mass is 10.1. The first kappa shape index (κ1) is 10.4. The molecule has 13 heavy (non-hydrogen) atoms. The van der Waals surface area contributed by atoms with Crippen molar-refractivity contribution in [3.63, 3.8) is 0 Å². The summed E-state index contributed by atoms with van der Waals surface area (Å²) >= 11 is 1.63. The Morgan fingerprint density at radius 3 is 2.77 bits per heavy atom. The minimum Gasteiger partial charge on any atom is -0.384 e. The van der Waals surface area contributed by atoms with Gasteiger partial charge in [0.05, 0.1) is 0 Å². The highest BCUT2D eigenvalue weighted by Gasteiger charge is 2.04. The van der Waals surface area contributed by atoms with Crippen molar-refractivity contribution in [1.82, 2.24) is 9.78 Å². The van der Waals surface area contributed by atoms with Crippen molar-refractivity contribution in [1.29, 1.82) is 0 Å². The summed E-state index contributed by atoms with van der Waals surface area (Å²) in [7, 11) is 0. The number of aryl methyl sites for hydroxylation is 1. The van der Waals surface area contributed by atoms with Crippen LogP contribution >= 0.6 is 11.8 Å². The summed E-state index contributed by atoms with van der Waals surface area (Å²) in [5.41, 5.74) is 5.79. The topological polar surface area (TPSA) is 43.8 Å². The van der Waals surface area contributed by atoms with E-state index in [4.69, 9.17) is 5.73 Å². The quantitative estimate of drug-likeness (QED) is 0.756. The third kappa shape index (κ3) is 2.95. The summed E-state index contributed by atoms with van der Waals surface area (Å²) in [5, 5.41) is 5.36. The first-order valence-corrected chi connectivity index (χ1v) is 5.73. The Kier molecular flexibility index (Phi) is 3.66. The van der Waals surface area contributed by atoms with Crippen LogP contribution in [0.25, 0.3) is 0 Å². The second kappa shape index (κ2) is 4.56. The average molecular weight is 199 g/mol. The van der Waals surface area contributed by atoms with Crippen molar-refractivity contribution in [2.45, 2.75) is 31.8 Å². The largest absolute Gasteiger partial charge is 0.384 e. The van der Waals surface area contributed by atoms with Crippen LogP contribution in [0.5, 0.6) is 0 Å². The molecule has 0 aliphatic heterocycles.